The number of aliphatic hydroxyl groups excluding tert-OH is 2. The van der Waals surface area contributed by atoms with Gasteiger partial charge in [-0.1, -0.05) is 11.6 Å². The highest BCUT2D eigenvalue weighted by atomic mass is 35.5. The van der Waals surface area contributed by atoms with Crippen molar-refractivity contribution in [3.05, 3.63) is 52.3 Å². The third-order valence-electron chi connectivity index (χ3n) is 3.24. The number of pyridine rings is 1. The molecule has 0 fully saturated rings. The fourth-order valence-electron chi connectivity index (χ4n) is 1.89. The van der Waals surface area contributed by atoms with Crippen LogP contribution in [0.4, 0.5) is 20.2 Å². The lowest BCUT2D eigenvalue weighted by Gasteiger charge is -2.15. The fourth-order valence-corrected chi connectivity index (χ4v) is 2.09. The van der Waals surface area contributed by atoms with Crippen molar-refractivity contribution in [2.45, 2.75) is 13.0 Å². The van der Waals surface area contributed by atoms with Gasteiger partial charge in [-0.05, 0) is 25.1 Å². The number of halogens is 3. The fraction of sp³-hybridized carbons (Fsp3) is 0.250. The number of aromatic nitrogens is 1. The summed E-state index contributed by atoms with van der Waals surface area (Å²) in [6.07, 6.45) is 0.178. The number of aliphatic hydroxyl groups is 2. The number of carbonyl (C=O) groups is 1. The Labute approximate surface area is 152 Å². The summed E-state index contributed by atoms with van der Waals surface area (Å²) in [7, 11) is 0. The van der Waals surface area contributed by atoms with E-state index < -0.39 is 47.6 Å². The molecular weight excluding hydrogens is 372 g/mol. The summed E-state index contributed by atoms with van der Waals surface area (Å²) in [4.78, 5) is 21.0. The summed E-state index contributed by atoms with van der Waals surface area (Å²) < 4.78 is 28.1. The van der Waals surface area contributed by atoms with Crippen molar-refractivity contribution in [3.63, 3.8) is 0 Å². The highest BCUT2D eigenvalue weighted by Crippen LogP contribution is 2.31. The number of rotatable bonds is 7. The van der Waals surface area contributed by atoms with Crippen LogP contribution in [0, 0.1) is 18.6 Å². The van der Waals surface area contributed by atoms with Crippen LogP contribution < -0.4 is 10.8 Å². The zero-order chi connectivity index (χ0) is 19.3. The third kappa shape index (κ3) is 4.85. The number of nitrogens with zero attached hydrogens (tertiary/aromatic N) is 1. The average Bonchev–Trinajstić information content (AvgIpc) is 2.63. The van der Waals surface area contributed by atoms with Crippen LogP contribution in [0.3, 0.4) is 0 Å². The molecule has 0 saturated heterocycles. The zero-order valence-electron chi connectivity index (χ0n) is 13.6. The van der Waals surface area contributed by atoms with Crippen LogP contribution >= 0.6 is 11.6 Å². The smallest absolute Gasteiger partial charge is 0.277 e. The maximum absolute atomic E-state index is 14.3. The van der Waals surface area contributed by atoms with Gasteiger partial charge in [0.05, 0.1) is 34.8 Å². The van der Waals surface area contributed by atoms with Crippen LogP contribution in [-0.2, 0) is 4.84 Å². The van der Waals surface area contributed by atoms with Gasteiger partial charge in [0.1, 0.15) is 12.7 Å². The van der Waals surface area contributed by atoms with Gasteiger partial charge in [-0.15, -0.1) is 0 Å². The van der Waals surface area contributed by atoms with Crippen LogP contribution in [0.15, 0.2) is 24.4 Å². The number of hydrogen-bond acceptors (Lipinski definition) is 6. The maximum Gasteiger partial charge on any atom is 0.277 e. The molecule has 1 amide bonds. The molecule has 0 bridgehead atoms. The number of amides is 1. The molecule has 0 saturated carbocycles. The van der Waals surface area contributed by atoms with Gasteiger partial charge in [-0.25, -0.2) is 14.3 Å². The quantitative estimate of drug-likeness (QED) is 0.428. The lowest BCUT2D eigenvalue weighted by Crippen LogP contribution is -2.30. The highest BCUT2D eigenvalue weighted by Gasteiger charge is 2.22. The Kier molecular flexibility index (Phi) is 6.81. The van der Waals surface area contributed by atoms with Gasteiger partial charge in [-0.3, -0.25) is 14.6 Å². The molecule has 0 aliphatic rings. The van der Waals surface area contributed by atoms with Gasteiger partial charge >= 0.3 is 0 Å². The molecule has 1 aromatic heterocycles. The van der Waals surface area contributed by atoms with Crippen LogP contribution in [0.5, 0.6) is 0 Å². The van der Waals surface area contributed by atoms with E-state index >= 15 is 0 Å². The molecule has 0 aliphatic heterocycles. The van der Waals surface area contributed by atoms with Crippen molar-refractivity contribution in [2.75, 3.05) is 18.5 Å². The molecule has 0 spiro atoms. The van der Waals surface area contributed by atoms with Crippen LogP contribution in [0.1, 0.15) is 16.1 Å². The van der Waals surface area contributed by atoms with Crippen LogP contribution in [0.2, 0.25) is 5.02 Å². The highest BCUT2D eigenvalue weighted by molar-refractivity contribution is 6.31. The second-order valence-electron chi connectivity index (χ2n) is 5.30. The number of benzene rings is 1. The predicted molar refractivity (Wildman–Crippen MR) is 90.1 cm³/mol. The molecule has 26 heavy (non-hydrogen) atoms. The molecule has 1 aromatic carbocycles. The van der Waals surface area contributed by atoms with Crippen LogP contribution in [0.25, 0.3) is 0 Å². The maximum atomic E-state index is 14.3. The molecule has 2 aromatic rings. The summed E-state index contributed by atoms with van der Waals surface area (Å²) >= 11 is 5.62. The van der Waals surface area contributed by atoms with E-state index in [2.05, 4.69) is 10.3 Å². The van der Waals surface area contributed by atoms with Crippen molar-refractivity contribution in [2.24, 2.45) is 0 Å². The molecule has 0 radical (unpaired) electrons. The molecule has 10 heteroatoms. The normalized spacial score (nSPS) is 11.9. The minimum absolute atomic E-state index is 0.321. The number of nitrogens with one attached hydrogen (secondary N) is 2. The van der Waals surface area contributed by atoms with E-state index in [1.165, 1.54) is 6.20 Å². The lowest BCUT2D eigenvalue weighted by atomic mass is 10.1. The third-order valence-corrected chi connectivity index (χ3v) is 3.51. The number of hydroxylamine groups is 1. The Morgan fingerprint density at radius 3 is 2.73 bits per heavy atom. The molecule has 0 aliphatic carbocycles. The predicted octanol–water partition coefficient (Wildman–Crippen LogP) is 2.08. The monoisotopic (exact) mass is 387 g/mol. The largest absolute Gasteiger partial charge is 0.394 e. The first-order valence-corrected chi connectivity index (χ1v) is 7.79. The van der Waals surface area contributed by atoms with E-state index in [-0.39, 0.29) is 5.56 Å². The van der Waals surface area contributed by atoms with E-state index in [1.54, 1.807) is 19.1 Å². The van der Waals surface area contributed by atoms with Crippen molar-refractivity contribution >= 4 is 28.9 Å². The van der Waals surface area contributed by atoms with Crippen molar-refractivity contribution < 1.29 is 28.6 Å². The van der Waals surface area contributed by atoms with E-state index in [1.807, 2.05) is 5.48 Å². The summed E-state index contributed by atoms with van der Waals surface area (Å²) in [6, 6.07) is 4.15. The minimum atomic E-state index is -1.35. The van der Waals surface area contributed by atoms with Gasteiger partial charge in [0.25, 0.3) is 5.91 Å². The Morgan fingerprint density at radius 2 is 2.12 bits per heavy atom. The molecular formula is C16H16ClF2N3O4. The van der Waals surface area contributed by atoms with Gasteiger partial charge in [0.2, 0.25) is 0 Å². The summed E-state index contributed by atoms with van der Waals surface area (Å²) in [6.45, 7) is 0.785. The second kappa shape index (κ2) is 8.86. The van der Waals surface area contributed by atoms with E-state index in [4.69, 9.17) is 26.7 Å². The Balaban J connectivity index is 2.29. The second-order valence-corrected chi connectivity index (χ2v) is 5.71. The first-order valence-electron chi connectivity index (χ1n) is 7.41. The first kappa shape index (κ1) is 20.0. The lowest BCUT2D eigenvalue weighted by molar-refractivity contribution is -0.0295. The number of anilines is 2. The Morgan fingerprint density at radius 1 is 1.38 bits per heavy atom. The summed E-state index contributed by atoms with van der Waals surface area (Å²) in [5.41, 5.74) is 2.21. The van der Waals surface area contributed by atoms with E-state index in [0.29, 0.717) is 11.4 Å². The van der Waals surface area contributed by atoms with Gasteiger partial charge in [0, 0.05) is 5.69 Å². The molecule has 7 nitrogen and oxygen atoms in total. The topological polar surface area (TPSA) is 104 Å². The van der Waals surface area contributed by atoms with E-state index in [0.717, 1.165) is 6.07 Å². The average molecular weight is 388 g/mol. The number of carbonyl (C=O) groups excluding carboxylic acids is 1. The molecule has 1 unspecified atom stereocenters. The molecule has 4 N–H and O–H groups in total. The van der Waals surface area contributed by atoms with Gasteiger partial charge in [0.15, 0.2) is 11.6 Å². The molecule has 1 heterocycles. The first-order chi connectivity index (χ1) is 12.3. The van der Waals surface area contributed by atoms with Crippen molar-refractivity contribution in [3.8, 4) is 0 Å². The Hall–Kier alpha value is -2.33. The van der Waals surface area contributed by atoms with Crippen LogP contribution in [-0.4, -0.2) is 40.4 Å². The number of aryl methyl sites for hydroxylation is 1. The van der Waals surface area contributed by atoms with Crippen molar-refractivity contribution in [1.82, 2.24) is 10.5 Å². The van der Waals surface area contributed by atoms with E-state index in [9.17, 15) is 13.6 Å². The zero-order valence-corrected chi connectivity index (χ0v) is 14.3. The summed E-state index contributed by atoms with van der Waals surface area (Å²) in [5.74, 6) is -3.60. The molecule has 1 atom stereocenters. The summed E-state index contributed by atoms with van der Waals surface area (Å²) in [5, 5.41) is 19.8. The molecule has 2 rings (SSSR count). The van der Waals surface area contributed by atoms with Crippen molar-refractivity contribution in [1.29, 1.82) is 0 Å². The number of hydrogen-bond donors (Lipinski definition) is 4. The standard InChI is InChI=1S/C16H16ClF2N3O4/c1-8-2-3-9(5-20-8)21-15-11(4-12(17)13(18)14(15)19)16(25)22-26-7-10(24)6-23/h2-5,10,21,23-24H,6-7H2,1H3,(H,22,25). The molecule has 140 valence electrons. The van der Waals surface area contributed by atoms with Gasteiger partial charge < -0.3 is 15.5 Å². The SMILES string of the molecule is Cc1ccc(Nc2c(C(=O)NOCC(O)CO)cc(Cl)c(F)c2F)cn1. The Bertz CT molecular complexity index is 790. The minimum Gasteiger partial charge on any atom is -0.394 e. The van der Waals surface area contributed by atoms with Gasteiger partial charge in [-0.2, -0.15) is 0 Å².